The molecule has 3 aliphatic heterocycles. The summed E-state index contributed by atoms with van der Waals surface area (Å²) < 4.78 is 5.15. The van der Waals surface area contributed by atoms with Crippen LogP contribution in [-0.2, 0) is 19.3 Å². The van der Waals surface area contributed by atoms with Crippen LogP contribution in [0.15, 0.2) is 139 Å². The van der Waals surface area contributed by atoms with E-state index in [4.69, 9.17) is 21.6 Å². The minimum atomic E-state index is 0.000489. The van der Waals surface area contributed by atoms with Crippen LogP contribution in [0.4, 0.5) is 32.3 Å². The molecule has 0 atom stereocenters. The Morgan fingerprint density at radius 3 is 1.56 bits per heavy atom. The summed E-state index contributed by atoms with van der Waals surface area (Å²) in [5.74, 6) is 0.0863. The summed E-state index contributed by atoms with van der Waals surface area (Å²) in [6.07, 6.45) is 12.8. The second-order valence-electron chi connectivity index (χ2n) is 19.6. The number of carbonyl (C=O) groups excluding carboxylic acids is 3. The highest BCUT2D eigenvalue weighted by Gasteiger charge is 2.23. The second kappa shape index (κ2) is 26.9. The van der Waals surface area contributed by atoms with E-state index in [0.29, 0.717) is 31.8 Å². The van der Waals surface area contributed by atoms with Gasteiger partial charge in [-0.25, -0.2) is 15.0 Å². The van der Waals surface area contributed by atoms with Gasteiger partial charge in [0.25, 0.3) is 0 Å². The number of rotatable bonds is 15. The highest BCUT2D eigenvalue weighted by molar-refractivity contribution is 7.18. The molecular weight excluding hydrogens is 1080 g/mol. The number of nitrogens with one attached hydrogen (secondary N) is 3. The van der Waals surface area contributed by atoms with E-state index in [2.05, 4.69) is 55.6 Å². The van der Waals surface area contributed by atoms with Crippen molar-refractivity contribution in [3.05, 3.63) is 172 Å². The highest BCUT2D eigenvalue weighted by atomic mass is 32.1. The van der Waals surface area contributed by atoms with Crippen molar-refractivity contribution in [2.45, 2.75) is 26.2 Å². The summed E-state index contributed by atoms with van der Waals surface area (Å²) >= 11 is 4.40. The first-order valence-corrected chi connectivity index (χ1v) is 29.3. The highest BCUT2D eigenvalue weighted by Crippen LogP contribution is 2.33. The number of aromatic nitrogens is 5. The number of Topliss-reactive ketones (excluding diaryl/α,β-unsaturated/α-hetero) is 3. The van der Waals surface area contributed by atoms with Crippen LogP contribution in [0, 0.1) is 6.92 Å². The van der Waals surface area contributed by atoms with E-state index in [1.165, 1.54) is 34.0 Å². The Morgan fingerprint density at radius 2 is 1.05 bits per heavy atom. The number of ketones is 3. The zero-order chi connectivity index (χ0) is 56.1. The molecule has 3 aromatic carbocycles. The predicted molar refractivity (Wildman–Crippen MR) is 327 cm³/mol. The number of furan rings is 1. The van der Waals surface area contributed by atoms with Gasteiger partial charge in [0.1, 0.15) is 5.00 Å². The maximum atomic E-state index is 12.9. The quantitative estimate of drug-likeness (QED) is 0.0416. The molecule has 81 heavy (non-hydrogen) atoms. The molecule has 0 radical (unpaired) electrons. The Labute approximate surface area is 482 Å². The summed E-state index contributed by atoms with van der Waals surface area (Å²) in [4.78, 5) is 68.4. The van der Waals surface area contributed by atoms with E-state index in [1.54, 1.807) is 43.5 Å². The minimum absolute atomic E-state index is 0.000489. The van der Waals surface area contributed by atoms with Gasteiger partial charge >= 0.3 is 0 Å². The molecule has 9 heterocycles. The molecule has 416 valence electrons. The number of hydrogen-bond donors (Lipinski definition) is 6. The number of piperazine rings is 3. The summed E-state index contributed by atoms with van der Waals surface area (Å²) in [6.45, 7) is 13.2. The topological polar surface area (TPSA) is 253 Å². The maximum absolute atomic E-state index is 12.9. The van der Waals surface area contributed by atoms with E-state index in [0.717, 1.165) is 150 Å². The van der Waals surface area contributed by atoms with Crippen molar-refractivity contribution in [3.8, 4) is 33.5 Å². The van der Waals surface area contributed by atoms with Gasteiger partial charge in [0, 0.05) is 145 Å². The average Bonchev–Trinajstić information content (AvgIpc) is 4.38. The lowest BCUT2D eigenvalue weighted by Gasteiger charge is -2.28. The minimum Gasteiger partial charge on any atom is -0.472 e. The van der Waals surface area contributed by atoms with Crippen molar-refractivity contribution in [1.29, 1.82) is 0 Å². The summed E-state index contributed by atoms with van der Waals surface area (Å²) in [7, 11) is 0. The SMILES string of the molecule is Cc1nc(C(=O)Cc2cc(-c3ccoc3)ccc2N)sc1N1CCNCC1.Nc1ccc(-c2ccccn2)cc1CC(=O)c1cnc(N2CCNCC2)s1.Nc1ccc(-c2cccnc2)cc1CC(=O)c1cnc(N2CCNCC2)s1. The second-order valence-corrected chi connectivity index (χ2v) is 22.6. The third-order valence-corrected chi connectivity index (χ3v) is 17.5. The van der Waals surface area contributed by atoms with Gasteiger partial charge in [-0.1, -0.05) is 64.3 Å². The fourth-order valence-electron chi connectivity index (χ4n) is 9.52. The molecule has 3 fully saturated rings. The third kappa shape index (κ3) is 14.4. The van der Waals surface area contributed by atoms with Gasteiger partial charge in [0.05, 0.1) is 46.1 Å². The van der Waals surface area contributed by atoms with Crippen molar-refractivity contribution in [3.63, 3.8) is 0 Å². The lowest BCUT2D eigenvalue weighted by molar-refractivity contribution is 0.0985. The normalized spacial score (nSPS) is 14.4. The number of carbonyl (C=O) groups is 3. The number of aryl methyl sites for hydroxylation is 1. The van der Waals surface area contributed by atoms with Gasteiger partial charge in [-0.3, -0.25) is 24.4 Å². The molecule has 18 nitrogen and oxygen atoms in total. The van der Waals surface area contributed by atoms with Crippen LogP contribution in [0.3, 0.4) is 0 Å². The first-order valence-electron chi connectivity index (χ1n) is 26.9. The van der Waals surface area contributed by atoms with Crippen LogP contribution in [0.2, 0.25) is 0 Å². The Morgan fingerprint density at radius 1 is 0.531 bits per heavy atom. The fourth-order valence-corrected chi connectivity index (χ4v) is 12.4. The molecule has 21 heteroatoms. The number of thiazole rings is 3. The molecular formula is C60H64N14O4S3. The van der Waals surface area contributed by atoms with E-state index in [9.17, 15) is 14.4 Å². The van der Waals surface area contributed by atoms with E-state index in [-0.39, 0.29) is 36.6 Å². The van der Waals surface area contributed by atoms with Gasteiger partial charge in [0.15, 0.2) is 32.6 Å². The van der Waals surface area contributed by atoms with Crippen molar-refractivity contribution in [2.24, 2.45) is 0 Å². The zero-order valence-corrected chi connectivity index (χ0v) is 47.4. The molecule has 3 saturated heterocycles. The Balaban J connectivity index is 0.000000136. The van der Waals surface area contributed by atoms with E-state index >= 15 is 0 Å². The van der Waals surface area contributed by atoms with Crippen LogP contribution >= 0.6 is 34.0 Å². The summed E-state index contributed by atoms with van der Waals surface area (Å²) in [5.41, 5.74) is 29.4. The summed E-state index contributed by atoms with van der Waals surface area (Å²) in [5, 5.41) is 13.5. The van der Waals surface area contributed by atoms with E-state index in [1.807, 2.05) is 97.9 Å². The molecule has 12 rings (SSSR count). The van der Waals surface area contributed by atoms with Gasteiger partial charge in [-0.15, -0.1) is 0 Å². The first kappa shape index (κ1) is 56.1. The smallest absolute Gasteiger partial charge is 0.195 e. The van der Waals surface area contributed by atoms with Gasteiger partial charge in [0.2, 0.25) is 0 Å². The molecule has 6 aromatic heterocycles. The number of benzene rings is 3. The number of nitrogens with two attached hydrogens (primary N) is 3. The zero-order valence-electron chi connectivity index (χ0n) is 45.0. The van der Waals surface area contributed by atoms with Crippen LogP contribution in [-0.4, -0.2) is 121 Å². The lowest BCUT2D eigenvalue weighted by atomic mass is 10.00. The molecule has 0 unspecified atom stereocenters. The van der Waals surface area contributed by atoms with Crippen LogP contribution < -0.4 is 47.9 Å². The molecule has 3 aliphatic rings. The molecule has 0 amide bonds. The average molecular weight is 1140 g/mol. The number of hydrogen-bond acceptors (Lipinski definition) is 21. The van der Waals surface area contributed by atoms with Crippen molar-refractivity contribution in [2.75, 3.05) is 110 Å². The monoisotopic (exact) mass is 1140 g/mol. The third-order valence-electron chi connectivity index (χ3n) is 14.0. The first-order chi connectivity index (χ1) is 39.5. The van der Waals surface area contributed by atoms with Crippen molar-refractivity contribution >= 4 is 83.7 Å². The Hall–Kier alpha value is -8.18. The molecule has 0 spiro atoms. The summed E-state index contributed by atoms with van der Waals surface area (Å²) in [6, 6.07) is 28.8. The van der Waals surface area contributed by atoms with E-state index < -0.39 is 0 Å². The Kier molecular flexibility index (Phi) is 18.6. The van der Waals surface area contributed by atoms with Gasteiger partial charge < -0.3 is 52.3 Å². The standard InChI is InChI=1S/2C20H21N5OS.C20H22N4O2S/c21-17-4-3-14(15-2-1-5-23-12-15)10-16(17)11-18(26)19-13-24-20(27-19)25-8-6-22-7-9-25;21-16-5-4-14(17-3-1-2-6-23-17)11-15(16)12-18(26)19-13-24-20(27-19)25-9-7-22-8-10-25;1-13-20(24-7-5-22-6-8-24)27-19(23-13)18(25)11-16-10-14(2-3-17(16)21)15-4-9-26-12-15/h1-5,10,12-13,22H,6-9,11,21H2;1-6,11,13,22H,7-10,12,21H2;2-4,9-10,12,22H,5-8,11,21H2,1H3. The number of anilines is 6. The molecule has 0 bridgehead atoms. The van der Waals surface area contributed by atoms with Gasteiger partial charge in [-0.2, -0.15) is 0 Å². The fraction of sp³-hybridized carbons (Fsp3) is 0.267. The largest absolute Gasteiger partial charge is 0.472 e. The van der Waals surface area contributed by atoms with Crippen LogP contribution in [0.1, 0.15) is 51.5 Å². The molecule has 0 aliphatic carbocycles. The predicted octanol–water partition coefficient (Wildman–Crippen LogP) is 8.37. The molecule has 9 N–H and O–H groups in total. The van der Waals surface area contributed by atoms with Crippen LogP contribution in [0.25, 0.3) is 33.5 Å². The number of nitrogens with zero attached hydrogens (tertiary/aromatic N) is 8. The van der Waals surface area contributed by atoms with Crippen molar-refractivity contribution < 1.29 is 18.8 Å². The number of pyridine rings is 2. The molecule has 9 aromatic rings. The van der Waals surface area contributed by atoms with Gasteiger partial charge in [-0.05, 0) is 101 Å². The molecule has 0 saturated carbocycles. The van der Waals surface area contributed by atoms with Crippen molar-refractivity contribution in [1.82, 2.24) is 40.9 Å². The van der Waals surface area contributed by atoms with Crippen LogP contribution in [0.5, 0.6) is 0 Å². The Bertz CT molecular complexity index is 3400. The number of nitrogen functional groups attached to an aromatic ring is 3. The lowest BCUT2D eigenvalue weighted by Crippen LogP contribution is -2.43. The maximum Gasteiger partial charge on any atom is 0.195 e.